The van der Waals surface area contributed by atoms with E-state index in [9.17, 15) is 4.79 Å². The lowest BCUT2D eigenvalue weighted by Gasteiger charge is -2.07. The molecule has 1 rings (SSSR count). The fraction of sp³-hybridized carbons (Fsp3) is 0.636. The Morgan fingerprint density at radius 2 is 2.25 bits per heavy atom. The molecule has 1 aromatic rings. The first-order chi connectivity index (χ1) is 7.54. The van der Waals surface area contributed by atoms with Crippen molar-refractivity contribution in [3.63, 3.8) is 0 Å². The molecule has 0 bridgehead atoms. The van der Waals surface area contributed by atoms with Gasteiger partial charge in [-0.3, -0.25) is 10.1 Å². The largest absolute Gasteiger partial charge is 0.338 e. The standard InChI is InChI=1S/C11H19N3O2/c1-7(6-12)4-5-10(15)13-11-8(2)9(3)14-16-11/h7H,4-6,12H2,1-3H3,(H,13,15). The van der Waals surface area contributed by atoms with Gasteiger partial charge in [0.25, 0.3) is 0 Å². The lowest BCUT2D eigenvalue weighted by atomic mass is 10.1. The summed E-state index contributed by atoms with van der Waals surface area (Å²) in [5, 5.41) is 6.47. The highest BCUT2D eigenvalue weighted by Gasteiger charge is 2.12. The number of aryl methyl sites for hydroxylation is 1. The van der Waals surface area contributed by atoms with Gasteiger partial charge in [-0.25, -0.2) is 0 Å². The normalized spacial score (nSPS) is 12.5. The van der Waals surface area contributed by atoms with Crippen molar-refractivity contribution in [1.29, 1.82) is 0 Å². The summed E-state index contributed by atoms with van der Waals surface area (Å²) in [6, 6.07) is 0. The van der Waals surface area contributed by atoms with Gasteiger partial charge in [0.15, 0.2) is 0 Å². The van der Waals surface area contributed by atoms with Gasteiger partial charge in [0, 0.05) is 12.0 Å². The van der Waals surface area contributed by atoms with Crippen LogP contribution >= 0.6 is 0 Å². The number of nitrogens with one attached hydrogen (secondary N) is 1. The zero-order valence-corrected chi connectivity index (χ0v) is 10.0. The van der Waals surface area contributed by atoms with Crippen molar-refractivity contribution in [2.45, 2.75) is 33.6 Å². The van der Waals surface area contributed by atoms with E-state index in [1.165, 1.54) is 0 Å². The van der Waals surface area contributed by atoms with E-state index in [0.29, 0.717) is 24.8 Å². The lowest BCUT2D eigenvalue weighted by molar-refractivity contribution is -0.116. The van der Waals surface area contributed by atoms with Crippen molar-refractivity contribution in [2.24, 2.45) is 11.7 Å². The molecule has 1 aromatic heterocycles. The van der Waals surface area contributed by atoms with E-state index in [1.807, 2.05) is 20.8 Å². The molecular weight excluding hydrogens is 206 g/mol. The Labute approximate surface area is 95.4 Å². The van der Waals surface area contributed by atoms with Gasteiger partial charge in [-0.1, -0.05) is 12.1 Å². The SMILES string of the molecule is Cc1noc(NC(=O)CCC(C)CN)c1C. The van der Waals surface area contributed by atoms with E-state index in [1.54, 1.807) is 0 Å². The third-order valence-electron chi connectivity index (χ3n) is 2.68. The monoisotopic (exact) mass is 225 g/mol. The van der Waals surface area contributed by atoms with E-state index in [0.717, 1.165) is 17.7 Å². The lowest BCUT2D eigenvalue weighted by Crippen LogP contribution is -2.16. The number of anilines is 1. The topological polar surface area (TPSA) is 81.2 Å². The third-order valence-corrected chi connectivity index (χ3v) is 2.68. The van der Waals surface area contributed by atoms with Crippen LogP contribution in [0.3, 0.4) is 0 Å². The maximum Gasteiger partial charge on any atom is 0.234 e. The highest BCUT2D eigenvalue weighted by molar-refractivity contribution is 5.89. The fourth-order valence-corrected chi connectivity index (χ4v) is 1.22. The summed E-state index contributed by atoms with van der Waals surface area (Å²) in [4.78, 5) is 11.6. The molecule has 0 aromatic carbocycles. The molecule has 0 radical (unpaired) electrons. The summed E-state index contributed by atoms with van der Waals surface area (Å²) in [7, 11) is 0. The highest BCUT2D eigenvalue weighted by atomic mass is 16.5. The first-order valence-corrected chi connectivity index (χ1v) is 5.47. The number of hydrogen-bond acceptors (Lipinski definition) is 4. The number of carbonyl (C=O) groups excluding carboxylic acids is 1. The van der Waals surface area contributed by atoms with E-state index in [2.05, 4.69) is 10.5 Å². The second-order valence-electron chi connectivity index (χ2n) is 4.15. The minimum atomic E-state index is -0.0560. The zero-order chi connectivity index (χ0) is 12.1. The minimum Gasteiger partial charge on any atom is -0.338 e. The second-order valence-corrected chi connectivity index (χ2v) is 4.15. The van der Waals surface area contributed by atoms with Crippen LogP contribution in [0.1, 0.15) is 31.0 Å². The average molecular weight is 225 g/mol. The van der Waals surface area contributed by atoms with E-state index in [-0.39, 0.29) is 5.91 Å². The first-order valence-electron chi connectivity index (χ1n) is 5.47. The molecule has 0 spiro atoms. The summed E-state index contributed by atoms with van der Waals surface area (Å²) in [6.45, 7) is 6.33. The molecule has 0 aliphatic heterocycles. The van der Waals surface area contributed by atoms with Crippen LogP contribution < -0.4 is 11.1 Å². The molecule has 5 heteroatoms. The van der Waals surface area contributed by atoms with Crippen molar-refractivity contribution >= 4 is 11.8 Å². The average Bonchev–Trinajstić information content (AvgIpc) is 2.57. The Kier molecular flexibility index (Phi) is 4.49. The van der Waals surface area contributed by atoms with Gasteiger partial charge in [0.2, 0.25) is 11.8 Å². The summed E-state index contributed by atoms with van der Waals surface area (Å²) in [6.07, 6.45) is 1.24. The maximum absolute atomic E-state index is 11.6. The summed E-state index contributed by atoms with van der Waals surface area (Å²) < 4.78 is 4.99. The molecule has 1 heterocycles. The van der Waals surface area contributed by atoms with Crippen molar-refractivity contribution in [3.8, 4) is 0 Å². The molecule has 3 N–H and O–H groups in total. The Bertz CT molecular complexity index is 360. The van der Waals surface area contributed by atoms with Crippen molar-refractivity contribution in [2.75, 3.05) is 11.9 Å². The Hall–Kier alpha value is -1.36. The van der Waals surface area contributed by atoms with Crippen LogP contribution in [0.15, 0.2) is 4.52 Å². The maximum atomic E-state index is 11.6. The summed E-state index contributed by atoms with van der Waals surface area (Å²) in [5.41, 5.74) is 7.15. The third kappa shape index (κ3) is 3.34. The Morgan fingerprint density at radius 1 is 1.56 bits per heavy atom. The van der Waals surface area contributed by atoms with E-state index < -0.39 is 0 Å². The second kappa shape index (κ2) is 5.65. The summed E-state index contributed by atoms with van der Waals surface area (Å²) >= 11 is 0. The molecule has 1 atom stereocenters. The van der Waals surface area contributed by atoms with Crippen LogP contribution in [0.4, 0.5) is 5.88 Å². The predicted molar refractivity (Wildman–Crippen MR) is 62.1 cm³/mol. The number of rotatable bonds is 5. The minimum absolute atomic E-state index is 0.0560. The van der Waals surface area contributed by atoms with Crippen LogP contribution in [0.25, 0.3) is 0 Å². The molecule has 1 amide bonds. The molecule has 0 saturated heterocycles. The van der Waals surface area contributed by atoms with Crippen molar-refractivity contribution in [1.82, 2.24) is 5.16 Å². The van der Waals surface area contributed by atoms with Gasteiger partial charge in [-0.15, -0.1) is 0 Å². The van der Waals surface area contributed by atoms with Crippen LogP contribution in [0.2, 0.25) is 0 Å². The van der Waals surface area contributed by atoms with E-state index >= 15 is 0 Å². The molecule has 0 aliphatic rings. The van der Waals surface area contributed by atoms with E-state index in [4.69, 9.17) is 10.3 Å². The van der Waals surface area contributed by atoms with Gasteiger partial charge in [0.05, 0.1) is 5.69 Å². The summed E-state index contributed by atoms with van der Waals surface area (Å²) in [5.74, 6) is 0.755. The molecule has 90 valence electrons. The number of amides is 1. The molecular formula is C11H19N3O2. The van der Waals surface area contributed by atoms with Crippen LogP contribution in [-0.2, 0) is 4.79 Å². The number of carbonyl (C=O) groups is 1. The quantitative estimate of drug-likeness (QED) is 0.797. The first kappa shape index (κ1) is 12.7. The number of aromatic nitrogens is 1. The smallest absolute Gasteiger partial charge is 0.234 e. The van der Waals surface area contributed by atoms with Gasteiger partial charge in [-0.2, -0.15) is 0 Å². The molecule has 5 nitrogen and oxygen atoms in total. The molecule has 1 unspecified atom stereocenters. The number of nitrogens with two attached hydrogens (primary N) is 1. The Morgan fingerprint density at radius 3 is 2.75 bits per heavy atom. The molecule has 0 saturated carbocycles. The van der Waals surface area contributed by atoms with Gasteiger partial charge < -0.3 is 10.3 Å². The number of nitrogens with zero attached hydrogens (tertiary/aromatic N) is 1. The molecule has 0 aliphatic carbocycles. The predicted octanol–water partition coefficient (Wildman–Crippen LogP) is 1.60. The fourth-order valence-electron chi connectivity index (χ4n) is 1.22. The number of hydrogen-bond donors (Lipinski definition) is 2. The van der Waals surface area contributed by atoms with Crippen molar-refractivity contribution in [3.05, 3.63) is 11.3 Å². The zero-order valence-electron chi connectivity index (χ0n) is 10.0. The van der Waals surface area contributed by atoms with Gasteiger partial charge in [0.1, 0.15) is 0 Å². The Balaban J connectivity index is 2.43. The van der Waals surface area contributed by atoms with Crippen LogP contribution in [-0.4, -0.2) is 17.6 Å². The van der Waals surface area contributed by atoms with Crippen LogP contribution in [0.5, 0.6) is 0 Å². The highest BCUT2D eigenvalue weighted by Crippen LogP contribution is 2.17. The van der Waals surface area contributed by atoms with Crippen LogP contribution in [0, 0.1) is 19.8 Å². The van der Waals surface area contributed by atoms with Gasteiger partial charge >= 0.3 is 0 Å². The molecule has 16 heavy (non-hydrogen) atoms. The molecule has 0 fully saturated rings. The van der Waals surface area contributed by atoms with Gasteiger partial charge in [-0.05, 0) is 32.7 Å². The van der Waals surface area contributed by atoms with Crippen molar-refractivity contribution < 1.29 is 9.32 Å².